The molecule has 0 N–H and O–H groups in total. The first kappa shape index (κ1) is 74.5. The quantitative estimate of drug-likeness (QED) is 0.0586. The summed E-state index contributed by atoms with van der Waals surface area (Å²) < 4.78 is 55.8. The Bertz CT molecular complexity index is 4050. The third-order valence-electron chi connectivity index (χ3n) is 18.9. The first-order chi connectivity index (χ1) is 52.1. The number of benzene rings is 8. The van der Waals surface area contributed by atoms with Gasteiger partial charge in [-0.05, 0) is 169 Å². The fraction of sp³-hybridized carbons (Fsp3) is 0.348. The predicted molar refractivity (Wildman–Crippen MR) is 438 cm³/mol. The van der Waals surface area contributed by atoms with Gasteiger partial charge in [-0.2, -0.15) is 0 Å². The normalized spacial score (nSPS) is 13.1. The van der Waals surface area contributed by atoms with Crippen LogP contribution in [0.1, 0.15) is 215 Å². The molecule has 24 bridgehead atoms. The second-order valence-electron chi connectivity index (χ2n) is 27.7. The van der Waals surface area contributed by atoms with Crippen molar-refractivity contribution in [2.24, 2.45) is 20.0 Å². The largest absolute Gasteiger partial charge is 0.493 e. The highest BCUT2D eigenvalue weighted by Crippen LogP contribution is 2.45. The molecule has 0 radical (unpaired) electrons. The van der Waals surface area contributed by atoms with Crippen molar-refractivity contribution < 1.29 is 37.9 Å². The monoisotopic (exact) mass is 1450 g/mol. The van der Waals surface area contributed by atoms with E-state index in [0.29, 0.717) is 104 Å². The van der Waals surface area contributed by atoms with Gasteiger partial charge in [0.1, 0.15) is 46.0 Å². The van der Waals surface area contributed by atoms with E-state index >= 15 is 0 Å². The van der Waals surface area contributed by atoms with Crippen molar-refractivity contribution >= 4 is 70.3 Å². The van der Waals surface area contributed by atoms with Crippen molar-refractivity contribution in [1.29, 1.82) is 0 Å². The van der Waals surface area contributed by atoms with Gasteiger partial charge in [0.2, 0.25) is 0 Å². The molecule has 0 atom stereocenters. The molecule has 0 unspecified atom stereocenters. The van der Waals surface area contributed by atoms with Crippen LogP contribution in [0.25, 0.3) is 0 Å². The maximum atomic E-state index is 6.98. The first-order valence-corrected chi connectivity index (χ1v) is 40.2. The second-order valence-corrected chi connectivity index (χ2v) is 30.0. The van der Waals surface area contributed by atoms with Crippen molar-refractivity contribution in [3.63, 3.8) is 0 Å². The lowest BCUT2D eigenvalue weighted by atomic mass is 9.90. The number of rotatable bonds is 24. The van der Waals surface area contributed by atoms with E-state index in [-0.39, 0.29) is 0 Å². The van der Waals surface area contributed by atoms with Crippen molar-refractivity contribution in [2.75, 3.05) is 52.9 Å². The van der Waals surface area contributed by atoms with Crippen LogP contribution in [0, 0.1) is 0 Å². The van der Waals surface area contributed by atoms with Crippen LogP contribution < -0.4 is 37.9 Å². The van der Waals surface area contributed by atoms with Crippen LogP contribution in [-0.2, 0) is 51.4 Å². The summed E-state index contributed by atoms with van der Waals surface area (Å²) in [5.74, 6) is 6.97. The first-order valence-electron chi connectivity index (χ1n) is 38.6. The molecule has 0 amide bonds. The molecule has 2 aliphatic heterocycles. The fourth-order valence-electron chi connectivity index (χ4n) is 14.3. The van der Waals surface area contributed by atoms with Crippen LogP contribution >= 0.6 is 22.7 Å². The number of aliphatic imine (C=N–C) groups is 4. The molecule has 2 aromatic heterocycles. The summed E-state index contributed by atoms with van der Waals surface area (Å²) >= 11 is 3.31. The third kappa shape index (κ3) is 18.2. The highest BCUT2D eigenvalue weighted by atomic mass is 32.1. The molecule has 10 aromatic rings. The second kappa shape index (κ2) is 36.5. The van der Waals surface area contributed by atoms with Crippen molar-refractivity contribution in [1.82, 2.24) is 0 Å². The summed E-state index contributed by atoms with van der Waals surface area (Å²) in [4.78, 5) is 25.4. The SMILES string of the molecule is CCCOc1c2cccc1Cc1cc3cc(c1OCCC)Cc1cccc(c1OCCC)Cc1cc(cc(c1OCCC)C2)N=Cc1ccc(s1)C=Nc1cc2c(OCCC)c(c1)Cc1cccc(c1OCCC)Cc1cc(cc(c1OCCC)Cc1cccc(c1OCCC)C2)N=Cc1ccc(s1)C=N3. The number of nitrogens with zero attached hydrogens (tertiary/aromatic N) is 4. The molecule has 548 valence electrons. The van der Waals surface area contributed by atoms with Crippen LogP contribution in [0.2, 0.25) is 0 Å². The summed E-state index contributed by atoms with van der Waals surface area (Å²) in [6, 6.07) is 52.6. The molecule has 4 heterocycles. The lowest BCUT2D eigenvalue weighted by Gasteiger charge is -2.23. The van der Waals surface area contributed by atoms with Crippen LogP contribution in [0.3, 0.4) is 0 Å². The van der Waals surface area contributed by atoms with E-state index in [2.05, 4.69) is 201 Å². The zero-order valence-corrected chi connectivity index (χ0v) is 64.6. The highest BCUT2D eigenvalue weighted by molar-refractivity contribution is 7.15. The molecule has 14 heteroatoms. The number of hydrogen-bond donors (Lipinski definition) is 0. The van der Waals surface area contributed by atoms with Crippen molar-refractivity contribution in [3.05, 3.63) is 254 Å². The minimum atomic E-state index is 0.543. The molecule has 0 spiro atoms. The maximum absolute atomic E-state index is 6.98. The summed E-state index contributed by atoms with van der Waals surface area (Å²) in [5.41, 5.74) is 20.1. The van der Waals surface area contributed by atoms with Crippen LogP contribution in [-0.4, -0.2) is 77.7 Å². The number of hydrogen-bond acceptors (Lipinski definition) is 14. The van der Waals surface area contributed by atoms with Crippen molar-refractivity contribution in [2.45, 2.75) is 158 Å². The minimum Gasteiger partial charge on any atom is -0.493 e. The van der Waals surface area contributed by atoms with Gasteiger partial charge in [-0.25, -0.2) is 0 Å². The molecule has 14 rings (SSSR count). The summed E-state index contributed by atoms with van der Waals surface area (Å²) in [6.45, 7) is 21.8. The average molecular weight is 1450 g/mol. The topological polar surface area (TPSA) is 123 Å². The maximum Gasteiger partial charge on any atom is 0.126 e. The molecule has 2 aliphatic carbocycles. The van der Waals surface area contributed by atoms with Crippen molar-refractivity contribution in [3.8, 4) is 46.0 Å². The Hall–Kier alpha value is -9.76. The molecule has 0 saturated carbocycles. The predicted octanol–water partition coefficient (Wildman–Crippen LogP) is 22.8. The zero-order chi connectivity index (χ0) is 73.1. The molecule has 106 heavy (non-hydrogen) atoms. The summed E-state index contributed by atoms with van der Waals surface area (Å²) in [7, 11) is 0. The standard InChI is InChI=1S/C92H100N4O8S2/c1-9-33-97-85-61-21-17-22-62(85)42-70-50-78-52-72(90(70)102-38-14-6)44-64-24-18-23-63(86(64)98-34-10-2)43-71-51-77(49-69(41-61)89(71)101-37-13-5)93-57-81-29-31-83(105-81)59-95-79-53-73-45-65-25-19-26-66(87(65)99-35-11-3)46-74-54-80(96-60-84-32-30-82(106-84)58-94-78)56-76(92(74)104-40-16-8)48-68-28-20-27-67(88(68)100-36-12-4)47-75(55-79)91(73)103-39-15-7/h17-32,49-60H,9-16,33-48H2,1-8H3. The molecular weight excluding hydrogens is 1350 g/mol. The Morgan fingerprint density at radius 3 is 0.519 bits per heavy atom. The van der Waals surface area contributed by atoms with Gasteiger partial charge < -0.3 is 37.9 Å². The van der Waals surface area contributed by atoms with Gasteiger partial charge in [0.15, 0.2) is 0 Å². The van der Waals surface area contributed by atoms with Crippen LogP contribution in [0.15, 0.2) is 166 Å². The Morgan fingerprint density at radius 1 is 0.217 bits per heavy atom. The Morgan fingerprint density at radius 2 is 0.368 bits per heavy atom. The lowest BCUT2D eigenvalue weighted by Crippen LogP contribution is -2.10. The van der Waals surface area contributed by atoms with Gasteiger partial charge in [-0.1, -0.05) is 128 Å². The number of thiophene rings is 2. The van der Waals surface area contributed by atoms with Gasteiger partial charge >= 0.3 is 0 Å². The molecule has 4 aliphatic rings. The molecule has 8 aromatic carbocycles. The van der Waals surface area contributed by atoms with Crippen LogP contribution in [0.4, 0.5) is 22.7 Å². The van der Waals surface area contributed by atoms with Gasteiger partial charge in [0, 0.05) is 140 Å². The number of para-hydroxylation sites is 4. The van der Waals surface area contributed by atoms with E-state index in [4.69, 9.17) is 57.9 Å². The average Bonchev–Trinajstić information content (AvgIpc) is 0.959. The van der Waals surface area contributed by atoms with E-state index < -0.39 is 0 Å². The number of ether oxygens (including phenoxy) is 8. The smallest absolute Gasteiger partial charge is 0.126 e. The van der Waals surface area contributed by atoms with E-state index in [1.807, 2.05) is 24.9 Å². The highest BCUT2D eigenvalue weighted by Gasteiger charge is 2.27. The van der Waals surface area contributed by atoms with Crippen LogP contribution in [0.5, 0.6) is 46.0 Å². The van der Waals surface area contributed by atoms with E-state index in [9.17, 15) is 0 Å². The summed E-state index contributed by atoms with van der Waals surface area (Å²) in [6.07, 6.45) is 19.1. The molecular formula is C92H100N4O8S2. The molecule has 12 nitrogen and oxygen atoms in total. The lowest BCUT2D eigenvalue weighted by molar-refractivity contribution is 0.304. The van der Waals surface area contributed by atoms with E-state index in [0.717, 1.165) is 229 Å². The minimum absolute atomic E-state index is 0.543. The molecule has 0 fully saturated rings. The summed E-state index contributed by atoms with van der Waals surface area (Å²) in [5, 5.41) is 0. The van der Waals surface area contributed by atoms with Gasteiger partial charge in [0.05, 0.1) is 75.6 Å². The van der Waals surface area contributed by atoms with E-state index in [1.165, 1.54) is 0 Å². The van der Waals surface area contributed by atoms with Gasteiger partial charge in [-0.15, -0.1) is 22.7 Å². The Labute approximate surface area is 635 Å². The fourth-order valence-corrected chi connectivity index (χ4v) is 15.8. The molecule has 0 saturated heterocycles. The van der Waals surface area contributed by atoms with Gasteiger partial charge in [-0.3, -0.25) is 20.0 Å². The Balaban J connectivity index is 1.04. The zero-order valence-electron chi connectivity index (χ0n) is 63.0. The van der Waals surface area contributed by atoms with Gasteiger partial charge in [0.25, 0.3) is 0 Å². The third-order valence-corrected chi connectivity index (χ3v) is 20.8. The Kier molecular flexibility index (Phi) is 25.7. The van der Waals surface area contributed by atoms with E-state index in [1.54, 1.807) is 22.7 Å².